The minimum absolute atomic E-state index is 0.0153. The molecule has 3 heterocycles. The number of fused-ring (bicyclic) bond motifs is 1. The second-order valence-electron chi connectivity index (χ2n) is 9.00. The molecule has 0 N–H and O–H groups in total. The van der Waals surface area contributed by atoms with E-state index in [1.54, 1.807) is 35.9 Å². The van der Waals surface area contributed by atoms with E-state index in [2.05, 4.69) is 5.10 Å². The van der Waals surface area contributed by atoms with Crippen LogP contribution in [0.1, 0.15) is 58.1 Å². The normalized spacial score (nSPS) is 16.1. The van der Waals surface area contributed by atoms with Crippen LogP contribution >= 0.6 is 0 Å². The van der Waals surface area contributed by atoms with Crippen molar-refractivity contribution in [2.24, 2.45) is 7.05 Å². The van der Waals surface area contributed by atoms with Crippen LogP contribution in [0.4, 0.5) is 0 Å². The third-order valence-corrected chi connectivity index (χ3v) is 6.83. The largest absolute Gasteiger partial charge is 0.350 e. The Kier molecular flexibility index (Phi) is 6.07. The van der Waals surface area contributed by atoms with Crippen molar-refractivity contribution in [2.75, 3.05) is 19.6 Å². The molecule has 0 saturated carbocycles. The third-order valence-electron chi connectivity index (χ3n) is 6.83. The zero-order chi connectivity index (χ0) is 24.5. The van der Waals surface area contributed by atoms with Gasteiger partial charge in [-0.15, -0.1) is 0 Å². The molecule has 0 aliphatic carbocycles. The van der Waals surface area contributed by atoms with Crippen LogP contribution in [0, 0.1) is 0 Å². The number of amides is 3. The monoisotopic (exact) mass is 473 g/mol. The summed E-state index contributed by atoms with van der Waals surface area (Å²) in [5.74, 6) is 0.229. The second kappa shape index (κ2) is 9.32. The fourth-order valence-electron chi connectivity index (χ4n) is 4.94. The molecule has 1 aromatic heterocycles. The molecule has 0 atom stereocenters. The van der Waals surface area contributed by atoms with Gasteiger partial charge in [0.25, 0.3) is 11.8 Å². The van der Waals surface area contributed by atoms with Gasteiger partial charge in [0.15, 0.2) is 0 Å². The molecule has 0 unspecified atom stereocenters. The van der Waals surface area contributed by atoms with Gasteiger partial charge in [0.05, 0.1) is 16.8 Å². The predicted octanol–water partition coefficient (Wildman–Crippen LogP) is 2.35. The van der Waals surface area contributed by atoms with E-state index in [9.17, 15) is 19.2 Å². The molecule has 35 heavy (non-hydrogen) atoms. The first kappa shape index (κ1) is 22.8. The Morgan fingerprint density at radius 1 is 0.914 bits per heavy atom. The predicted molar refractivity (Wildman–Crippen MR) is 128 cm³/mol. The van der Waals surface area contributed by atoms with E-state index in [1.807, 2.05) is 35.2 Å². The van der Waals surface area contributed by atoms with Crippen LogP contribution in [-0.4, -0.2) is 61.5 Å². The number of likely N-dealkylation sites (tertiary alicyclic amines) is 1. The lowest BCUT2D eigenvalue weighted by atomic mass is 9.95. The minimum Gasteiger partial charge on any atom is -0.343 e. The van der Waals surface area contributed by atoms with Crippen LogP contribution in [0.5, 0.6) is 0 Å². The number of aryl methyl sites for hydroxylation is 1. The smallest absolute Gasteiger partial charge is 0.343 e. The molecule has 1 fully saturated rings. The molecule has 180 valence electrons. The zero-order valence-electron chi connectivity index (χ0n) is 19.6. The molecule has 1 saturated heterocycles. The Hall–Kier alpha value is -4.01. The van der Waals surface area contributed by atoms with Crippen molar-refractivity contribution < 1.29 is 14.4 Å². The molecule has 5 rings (SSSR count). The third kappa shape index (κ3) is 4.18. The fourth-order valence-corrected chi connectivity index (χ4v) is 4.94. The first-order chi connectivity index (χ1) is 17.0. The molecule has 2 aliphatic heterocycles. The van der Waals surface area contributed by atoms with E-state index in [0.717, 1.165) is 11.5 Å². The summed E-state index contributed by atoms with van der Waals surface area (Å²) in [4.78, 5) is 53.5. The molecule has 3 amide bonds. The number of rotatable bonds is 6. The van der Waals surface area contributed by atoms with Crippen molar-refractivity contribution in [2.45, 2.75) is 31.6 Å². The van der Waals surface area contributed by atoms with Crippen molar-refractivity contribution in [1.82, 2.24) is 24.1 Å². The quantitative estimate of drug-likeness (QED) is 0.512. The lowest BCUT2D eigenvalue weighted by Gasteiger charge is -2.31. The standard InChI is InChI=1S/C26H27N5O4/c1-28-26(35)31(19-8-3-2-4-9-19)23(27-28)18-13-16-29(17-14-18)22(32)12-7-15-30-24(33)20-10-5-6-11-21(20)25(30)34/h2-6,8-11,18H,7,12-17H2,1H3. The highest BCUT2D eigenvalue weighted by Crippen LogP contribution is 2.28. The number of para-hydroxylation sites is 1. The zero-order valence-corrected chi connectivity index (χ0v) is 19.6. The number of nitrogens with zero attached hydrogens (tertiary/aromatic N) is 5. The maximum absolute atomic E-state index is 12.8. The van der Waals surface area contributed by atoms with E-state index < -0.39 is 0 Å². The van der Waals surface area contributed by atoms with Gasteiger partial charge in [0, 0.05) is 39.0 Å². The van der Waals surface area contributed by atoms with E-state index in [4.69, 9.17) is 0 Å². The van der Waals surface area contributed by atoms with Crippen molar-refractivity contribution in [1.29, 1.82) is 0 Å². The van der Waals surface area contributed by atoms with E-state index in [0.29, 0.717) is 43.5 Å². The number of carbonyl (C=O) groups excluding carboxylic acids is 3. The Morgan fingerprint density at radius 2 is 1.51 bits per heavy atom. The fraction of sp³-hybridized carbons (Fsp3) is 0.346. The van der Waals surface area contributed by atoms with E-state index in [1.165, 1.54) is 9.58 Å². The number of imide groups is 1. The average molecular weight is 474 g/mol. The second-order valence-corrected chi connectivity index (χ2v) is 9.00. The molecule has 2 aromatic carbocycles. The number of benzene rings is 2. The van der Waals surface area contributed by atoms with Crippen molar-refractivity contribution in [3.05, 3.63) is 82.0 Å². The van der Waals surface area contributed by atoms with E-state index in [-0.39, 0.29) is 42.3 Å². The van der Waals surface area contributed by atoms with E-state index >= 15 is 0 Å². The molecular formula is C26H27N5O4. The van der Waals surface area contributed by atoms with Crippen LogP contribution in [0.25, 0.3) is 5.69 Å². The Labute approximate surface area is 202 Å². The van der Waals surface area contributed by atoms with Crippen LogP contribution in [0.3, 0.4) is 0 Å². The van der Waals surface area contributed by atoms with Crippen LogP contribution in [0.15, 0.2) is 59.4 Å². The van der Waals surface area contributed by atoms with Gasteiger partial charge < -0.3 is 4.90 Å². The molecule has 3 aromatic rings. The maximum Gasteiger partial charge on any atom is 0.350 e. The summed E-state index contributed by atoms with van der Waals surface area (Å²) in [6.07, 6.45) is 2.13. The first-order valence-electron chi connectivity index (χ1n) is 11.9. The summed E-state index contributed by atoms with van der Waals surface area (Å²) in [6.45, 7) is 1.39. The van der Waals surface area contributed by atoms with Crippen LogP contribution in [-0.2, 0) is 11.8 Å². The van der Waals surface area contributed by atoms with Gasteiger partial charge >= 0.3 is 5.69 Å². The summed E-state index contributed by atoms with van der Waals surface area (Å²) in [5.41, 5.74) is 1.45. The number of aromatic nitrogens is 3. The maximum atomic E-state index is 12.8. The topological polar surface area (TPSA) is 97.5 Å². The highest BCUT2D eigenvalue weighted by molar-refractivity contribution is 6.21. The van der Waals surface area contributed by atoms with Crippen molar-refractivity contribution in [3.63, 3.8) is 0 Å². The minimum atomic E-state index is -0.293. The number of hydrogen-bond donors (Lipinski definition) is 0. The molecule has 0 radical (unpaired) electrons. The van der Waals surface area contributed by atoms with Gasteiger partial charge in [0.1, 0.15) is 5.82 Å². The summed E-state index contributed by atoms with van der Waals surface area (Å²) in [7, 11) is 1.65. The van der Waals surface area contributed by atoms with Gasteiger partial charge in [-0.2, -0.15) is 5.10 Å². The number of carbonyl (C=O) groups is 3. The highest BCUT2D eigenvalue weighted by Gasteiger charge is 2.35. The molecule has 9 heteroatoms. The Bertz CT molecular complexity index is 1300. The highest BCUT2D eigenvalue weighted by atomic mass is 16.2. The average Bonchev–Trinajstić information content (AvgIpc) is 3.32. The lowest BCUT2D eigenvalue weighted by molar-refractivity contribution is -0.132. The van der Waals surface area contributed by atoms with Gasteiger partial charge in [0.2, 0.25) is 5.91 Å². The Morgan fingerprint density at radius 3 is 2.14 bits per heavy atom. The SMILES string of the molecule is Cn1nc(C2CCN(C(=O)CCCN3C(=O)c4ccccc4C3=O)CC2)n(-c2ccccc2)c1=O. The Balaban J connectivity index is 1.17. The van der Waals surface area contributed by atoms with Crippen molar-refractivity contribution in [3.8, 4) is 5.69 Å². The van der Waals surface area contributed by atoms with Gasteiger partial charge in [-0.1, -0.05) is 30.3 Å². The summed E-state index contributed by atoms with van der Waals surface area (Å²) < 4.78 is 3.02. The molecule has 0 spiro atoms. The number of piperidine rings is 1. The van der Waals surface area contributed by atoms with Crippen LogP contribution < -0.4 is 5.69 Å². The first-order valence-corrected chi connectivity index (χ1v) is 11.9. The lowest BCUT2D eigenvalue weighted by Crippen LogP contribution is -2.39. The molecular weight excluding hydrogens is 446 g/mol. The van der Waals surface area contributed by atoms with Crippen LogP contribution in [0.2, 0.25) is 0 Å². The number of hydrogen-bond acceptors (Lipinski definition) is 5. The molecule has 0 bridgehead atoms. The van der Waals surface area contributed by atoms with Gasteiger partial charge in [-0.3, -0.25) is 19.3 Å². The summed E-state index contributed by atoms with van der Waals surface area (Å²) in [5, 5.41) is 4.50. The molecule has 9 nitrogen and oxygen atoms in total. The van der Waals surface area contributed by atoms with Crippen molar-refractivity contribution >= 4 is 17.7 Å². The van der Waals surface area contributed by atoms with Gasteiger partial charge in [-0.25, -0.2) is 14.0 Å². The van der Waals surface area contributed by atoms with Gasteiger partial charge in [-0.05, 0) is 43.5 Å². The molecule has 2 aliphatic rings. The summed E-state index contributed by atoms with van der Waals surface area (Å²) in [6, 6.07) is 16.3. The summed E-state index contributed by atoms with van der Waals surface area (Å²) >= 11 is 0.